The first-order valence-corrected chi connectivity index (χ1v) is 15.3. The van der Waals surface area contributed by atoms with Gasteiger partial charge in [-0.15, -0.1) is 0 Å². The Bertz CT molecular complexity index is 877. The van der Waals surface area contributed by atoms with Crippen LogP contribution in [0.25, 0.3) is 0 Å². The molecule has 0 spiro atoms. The normalized spacial score (nSPS) is 16.1. The van der Waals surface area contributed by atoms with E-state index in [4.69, 9.17) is 23.7 Å². The molecule has 44 heavy (non-hydrogen) atoms. The number of carbonyl (C=O) groups is 5. The Kier molecular flexibility index (Phi) is 18.0. The summed E-state index contributed by atoms with van der Waals surface area (Å²) in [5, 5.41) is 3.20. The second-order valence-electron chi connectivity index (χ2n) is 13.3. The number of ether oxygens (including phenoxy) is 6. The van der Waals surface area contributed by atoms with Crippen molar-refractivity contribution < 1.29 is 52.4 Å². The summed E-state index contributed by atoms with van der Waals surface area (Å²) in [6.07, 6.45) is 0.742. The van der Waals surface area contributed by atoms with Crippen LogP contribution in [0, 0.1) is 11.8 Å². The first kappa shape index (κ1) is 40.9. The number of piperidine rings is 2. The lowest BCUT2D eigenvalue weighted by Gasteiger charge is -2.32. The smallest absolute Gasteiger partial charge is 0.466 e. The van der Waals surface area contributed by atoms with Crippen LogP contribution in [-0.4, -0.2) is 91.4 Å². The average Bonchev–Trinajstić information content (AvgIpc) is 2.87. The molecule has 0 aromatic heterocycles. The maximum absolute atomic E-state index is 11.8. The second kappa shape index (κ2) is 19.3. The molecule has 2 aliphatic rings. The van der Waals surface area contributed by atoms with Crippen LogP contribution in [0.1, 0.15) is 102 Å². The Hall–Kier alpha value is -3.09. The molecule has 13 nitrogen and oxygen atoms in total. The van der Waals surface area contributed by atoms with Crippen molar-refractivity contribution in [3.8, 4) is 0 Å². The molecular weight excluding hydrogens is 576 g/mol. The Morgan fingerprint density at radius 3 is 1.32 bits per heavy atom. The van der Waals surface area contributed by atoms with Gasteiger partial charge in [-0.1, -0.05) is 0 Å². The van der Waals surface area contributed by atoms with Crippen molar-refractivity contribution in [1.29, 1.82) is 0 Å². The summed E-state index contributed by atoms with van der Waals surface area (Å²) >= 11 is 0. The maximum Gasteiger partial charge on any atom is 0.519 e. The first-order valence-electron chi connectivity index (χ1n) is 15.3. The second-order valence-corrected chi connectivity index (χ2v) is 13.3. The van der Waals surface area contributed by atoms with Gasteiger partial charge in [-0.25, -0.2) is 14.4 Å². The fourth-order valence-electron chi connectivity index (χ4n) is 3.81. The van der Waals surface area contributed by atoms with E-state index in [1.807, 2.05) is 27.7 Å². The number of likely N-dealkylation sites (tertiary alicyclic amines) is 1. The number of rotatable bonds is 4. The van der Waals surface area contributed by atoms with E-state index in [0.717, 1.165) is 25.9 Å². The summed E-state index contributed by atoms with van der Waals surface area (Å²) in [5.41, 5.74) is -1.87. The third kappa shape index (κ3) is 20.8. The number of esters is 2. The number of nitrogens with one attached hydrogen (secondary N) is 1. The highest BCUT2D eigenvalue weighted by Crippen LogP contribution is 2.21. The molecule has 2 heterocycles. The zero-order valence-electron chi connectivity index (χ0n) is 28.7. The van der Waals surface area contributed by atoms with Crippen molar-refractivity contribution in [2.45, 2.75) is 119 Å². The molecule has 0 saturated carbocycles. The predicted molar refractivity (Wildman–Crippen MR) is 163 cm³/mol. The minimum Gasteiger partial charge on any atom is -0.466 e. The van der Waals surface area contributed by atoms with Crippen molar-refractivity contribution in [2.24, 2.45) is 11.8 Å². The number of nitrogens with zero attached hydrogens (tertiary/aromatic N) is 1. The number of amides is 1. The quantitative estimate of drug-likeness (QED) is 0.232. The monoisotopic (exact) mass is 632 g/mol. The van der Waals surface area contributed by atoms with Crippen LogP contribution in [0.3, 0.4) is 0 Å². The topological polar surface area (TPSA) is 156 Å². The van der Waals surface area contributed by atoms with Gasteiger partial charge in [0.2, 0.25) is 0 Å². The van der Waals surface area contributed by atoms with Crippen LogP contribution in [0.4, 0.5) is 14.4 Å². The van der Waals surface area contributed by atoms with Gasteiger partial charge in [0.05, 0.1) is 25.0 Å². The zero-order chi connectivity index (χ0) is 34.1. The summed E-state index contributed by atoms with van der Waals surface area (Å²) in [7, 11) is 0. The van der Waals surface area contributed by atoms with Crippen molar-refractivity contribution in [3.63, 3.8) is 0 Å². The molecule has 0 aromatic carbocycles. The summed E-state index contributed by atoms with van der Waals surface area (Å²) in [5.74, 6) is -0.102. The van der Waals surface area contributed by atoms with Gasteiger partial charge in [0.15, 0.2) is 0 Å². The van der Waals surface area contributed by atoms with Crippen LogP contribution < -0.4 is 5.32 Å². The fourth-order valence-corrected chi connectivity index (χ4v) is 3.81. The molecule has 0 aromatic rings. The van der Waals surface area contributed by atoms with Gasteiger partial charge in [-0.2, -0.15) is 0 Å². The van der Waals surface area contributed by atoms with E-state index in [1.165, 1.54) is 0 Å². The van der Waals surface area contributed by atoms with Crippen LogP contribution in [0.15, 0.2) is 0 Å². The molecule has 0 atom stereocenters. The third-order valence-electron chi connectivity index (χ3n) is 5.67. The molecule has 1 amide bonds. The van der Waals surface area contributed by atoms with Crippen LogP contribution >= 0.6 is 0 Å². The number of hydrogen-bond donors (Lipinski definition) is 1. The van der Waals surface area contributed by atoms with E-state index in [2.05, 4.69) is 10.1 Å². The SMILES string of the molecule is CC(C)(C)OC(=O)OC(=O)OC(C)(C)C.CCOC(=O)C1CCN(C(=O)OC(C)(C)C)CC1.CCOC(=O)C1CCNCC1. The van der Waals surface area contributed by atoms with E-state index in [9.17, 15) is 24.0 Å². The zero-order valence-corrected chi connectivity index (χ0v) is 28.7. The van der Waals surface area contributed by atoms with Crippen molar-refractivity contribution >= 4 is 30.3 Å². The van der Waals surface area contributed by atoms with Crippen LogP contribution in [0.2, 0.25) is 0 Å². The van der Waals surface area contributed by atoms with E-state index in [-0.39, 0.29) is 29.9 Å². The van der Waals surface area contributed by atoms with E-state index in [1.54, 1.807) is 53.4 Å². The van der Waals surface area contributed by atoms with Crippen molar-refractivity contribution in [1.82, 2.24) is 10.2 Å². The molecule has 2 fully saturated rings. The number of hydrogen-bond acceptors (Lipinski definition) is 12. The highest BCUT2D eigenvalue weighted by molar-refractivity contribution is 5.77. The Morgan fingerprint density at radius 2 is 0.977 bits per heavy atom. The molecule has 0 unspecified atom stereocenters. The van der Waals surface area contributed by atoms with Gasteiger partial charge in [-0.05, 0) is 115 Å². The molecule has 0 radical (unpaired) electrons. The Balaban J connectivity index is 0.000000649. The average molecular weight is 633 g/mol. The molecule has 2 saturated heterocycles. The van der Waals surface area contributed by atoms with Crippen LogP contribution in [0.5, 0.6) is 0 Å². The minimum absolute atomic E-state index is 0.0194. The van der Waals surface area contributed by atoms with Gasteiger partial charge in [0, 0.05) is 13.1 Å². The molecule has 2 rings (SSSR count). The first-order chi connectivity index (χ1) is 20.2. The van der Waals surface area contributed by atoms with Gasteiger partial charge in [0.1, 0.15) is 16.8 Å². The molecule has 1 N–H and O–H groups in total. The lowest BCUT2D eigenvalue weighted by molar-refractivity contribution is -0.150. The van der Waals surface area contributed by atoms with Crippen molar-refractivity contribution in [2.75, 3.05) is 39.4 Å². The Morgan fingerprint density at radius 1 is 0.614 bits per heavy atom. The number of carbonyl (C=O) groups excluding carboxylic acids is 5. The Labute approximate surface area is 262 Å². The largest absolute Gasteiger partial charge is 0.519 e. The van der Waals surface area contributed by atoms with Crippen LogP contribution in [-0.2, 0) is 38.0 Å². The summed E-state index contributed by atoms with van der Waals surface area (Å²) in [4.78, 5) is 58.2. The fraction of sp³-hybridized carbons (Fsp3) is 0.839. The molecule has 256 valence electrons. The van der Waals surface area contributed by atoms with E-state index < -0.39 is 29.1 Å². The van der Waals surface area contributed by atoms with E-state index >= 15 is 0 Å². The van der Waals surface area contributed by atoms with Gasteiger partial charge in [-0.3, -0.25) is 9.59 Å². The molecule has 0 bridgehead atoms. The third-order valence-corrected chi connectivity index (χ3v) is 5.67. The standard InChI is InChI=1S/C13H23NO4.C10H18O5.C8H15NO2/c1-5-17-11(15)10-6-8-14(9-7-10)12(16)18-13(2,3)4;1-9(2,3)14-7(11)13-8(12)15-10(4,5)6;1-2-11-8(10)7-3-5-9-6-4-7/h10H,5-9H2,1-4H3;1-6H3;7,9H,2-6H2,1H3. The van der Waals surface area contributed by atoms with Gasteiger partial charge < -0.3 is 38.6 Å². The lowest BCUT2D eigenvalue weighted by atomic mass is 9.97. The summed E-state index contributed by atoms with van der Waals surface area (Å²) < 4.78 is 29.0. The highest BCUT2D eigenvalue weighted by atomic mass is 16.8. The summed E-state index contributed by atoms with van der Waals surface area (Å²) in [6, 6.07) is 0. The molecule has 13 heteroatoms. The maximum atomic E-state index is 11.8. The predicted octanol–water partition coefficient (Wildman–Crippen LogP) is 5.62. The highest BCUT2D eigenvalue weighted by Gasteiger charge is 2.30. The van der Waals surface area contributed by atoms with Gasteiger partial charge >= 0.3 is 30.3 Å². The van der Waals surface area contributed by atoms with E-state index in [0.29, 0.717) is 39.1 Å². The molecular formula is C31H56N2O11. The van der Waals surface area contributed by atoms with Gasteiger partial charge in [0.25, 0.3) is 0 Å². The van der Waals surface area contributed by atoms with Crippen molar-refractivity contribution in [3.05, 3.63) is 0 Å². The lowest BCUT2D eigenvalue weighted by Crippen LogP contribution is -2.43. The minimum atomic E-state index is -1.06. The molecule has 2 aliphatic heterocycles. The summed E-state index contributed by atoms with van der Waals surface area (Å²) in [6.45, 7) is 23.1. The molecule has 0 aliphatic carbocycles.